The average Bonchev–Trinajstić information content (AvgIpc) is 2.59. The van der Waals surface area contributed by atoms with E-state index in [4.69, 9.17) is 9.47 Å². The van der Waals surface area contributed by atoms with E-state index in [9.17, 15) is 4.79 Å². The first kappa shape index (κ1) is 16.3. The number of carbonyl (C=O) groups is 1. The summed E-state index contributed by atoms with van der Waals surface area (Å²) in [5, 5.41) is 3.21. The molecule has 2 heterocycles. The number of morpholine rings is 1. The second kappa shape index (κ2) is 7.32. The Hall–Kier alpha value is -1.59. The Morgan fingerprint density at radius 1 is 1.30 bits per heavy atom. The summed E-state index contributed by atoms with van der Waals surface area (Å²) in [5.41, 5.74) is 2.37. The summed E-state index contributed by atoms with van der Waals surface area (Å²) in [4.78, 5) is 14.4. The van der Waals surface area contributed by atoms with Crippen molar-refractivity contribution in [2.24, 2.45) is 0 Å². The van der Waals surface area contributed by atoms with Gasteiger partial charge in [0.1, 0.15) is 18.0 Å². The minimum absolute atomic E-state index is 0.113. The van der Waals surface area contributed by atoms with Crippen LogP contribution in [-0.2, 0) is 9.53 Å². The van der Waals surface area contributed by atoms with E-state index in [0.29, 0.717) is 13.2 Å². The van der Waals surface area contributed by atoms with Crippen LogP contribution in [0.25, 0.3) is 0 Å². The van der Waals surface area contributed by atoms with Crippen molar-refractivity contribution in [3.8, 4) is 5.75 Å². The zero-order chi connectivity index (χ0) is 16.2. The van der Waals surface area contributed by atoms with E-state index in [1.807, 2.05) is 4.90 Å². The van der Waals surface area contributed by atoms with Crippen LogP contribution in [0.5, 0.6) is 5.75 Å². The maximum atomic E-state index is 12.4. The van der Waals surface area contributed by atoms with E-state index >= 15 is 0 Å². The quantitative estimate of drug-likeness (QED) is 0.921. The molecule has 126 valence electrons. The summed E-state index contributed by atoms with van der Waals surface area (Å²) < 4.78 is 11.7. The molecule has 0 radical (unpaired) electrons. The lowest BCUT2D eigenvalue weighted by Gasteiger charge is -2.35. The standard InChI is InChI=1S/C18H26N2O3/c1-13-3-4-14(2)16(11-13)23-15-5-8-20(9-6-15)18(21)17-12-19-7-10-22-17/h3-4,11,15,17,19H,5-10,12H2,1-2H3/t17-/m1/s1. The van der Waals surface area contributed by atoms with Crippen molar-refractivity contribution in [3.05, 3.63) is 29.3 Å². The van der Waals surface area contributed by atoms with Gasteiger partial charge in [-0.05, 0) is 31.0 Å². The van der Waals surface area contributed by atoms with Crippen LogP contribution in [0, 0.1) is 13.8 Å². The molecule has 1 aromatic carbocycles. The highest BCUT2D eigenvalue weighted by atomic mass is 16.5. The molecule has 23 heavy (non-hydrogen) atoms. The molecule has 2 saturated heterocycles. The summed E-state index contributed by atoms with van der Waals surface area (Å²) in [6.45, 7) is 7.70. The molecule has 0 unspecified atom stereocenters. The first-order valence-electron chi connectivity index (χ1n) is 8.48. The van der Waals surface area contributed by atoms with E-state index in [0.717, 1.165) is 43.8 Å². The van der Waals surface area contributed by atoms with Crippen molar-refractivity contribution < 1.29 is 14.3 Å². The van der Waals surface area contributed by atoms with Gasteiger partial charge in [0.15, 0.2) is 0 Å². The van der Waals surface area contributed by atoms with Crippen molar-refractivity contribution in [2.75, 3.05) is 32.8 Å². The summed E-state index contributed by atoms with van der Waals surface area (Å²) in [7, 11) is 0. The molecule has 0 saturated carbocycles. The number of nitrogens with zero attached hydrogens (tertiary/aromatic N) is 1. The molecule has 0 aliphatic carbocycles. The highest BCUT2D eigenvalue weighted by Gasteiger charge is 2.30. The molecule has 5 nitrogen and oxygen atoms in total. The highest BCUT2D eigenvalue weighted by Crippen LogP contribution is 2.24. The molecular weight excluding hydrogens is 292 g/mol. The summed E-state index contributed by atoms with van der Waals surface area (Å²) >= 11 is 0. The zero-order valence-corrected chi connectivity index (χ0v) is 14.0. The Kier molecular flexibility index (Phi) is 5.18. The molecule has 1 amide bonds. The smallest absolute Gasteiger partial charge is 0.253 e. The van der Waals surface area contributed by atoms with Crippen LogP contribution in [0.15, 0.2) is 18.2 Å². The fourth-order valence-electron chi connectivity index (χ4n) is 3.14. The van der Waals surface area contributed by atoms with Gasteiger partial charge in [-0.3, -0.25) is 4.79 Å². The third-order valence-corrected chi connectivity index (χ3v) is 4.59. The fraction of sp³-hybridized carbons (Fsp3) is 0.611. The van der Waals surface area contributed by atoms with Crippen molar-refractivity contribution in [2.45, 2.75) is 38.9 Å². The molecule has 3 rings (SSSR count). The van der Waals surface area contributed by atoms with Gasteiger partial charge in [0.05, 0.1) is 6.61 Å². The van der Waals surface area contributed by atoms with Crippen molar-refractivity contribution in [1.29, 1.82) is 0 Å². The van der Waals surface area contributed by atoms with Gasteiger partial charge in [-0.25, -0.2) is 0 Å². The molecule has 2 aliphatic rings. The number of carbonyl (C=O) groups excluding carboxylic acids is 1. The number of amides is 1. The molecule has 1 aromatic rings. The number of nitrogens with one attached hydrogen (secondary N) is 1. The first-order chi connectivity index (χ1) is 11.1. The third-order valence-electron chi connectivity index (χ3n) is 4.59. The maximum absolute atomic E-state index is 12.4. The van der Waals surface area contributed by atoms with Crippen molar-refractivity contribution in [3.63, 3.8) is 0 Å². The monoisotopic (exact) mass is 318 g/mol. The van der Waals surface area contributed by atoms with Gasteiger partial charge in [0.25, 0.3) is 5.91 Å². The topological polar surface area (TPSA) is 50.8 Å². The third kappa shape index (κ3) is 4.03. The molecule has 5 heteroatoms. The van der Waals surface area contributed by atoms with E-state index in [2.05, 4.69) is 37.4 Å². The molecule has 0 bridgehead atoms. The normalized spacial score (nSPS) is 22.9. The van der Waals surface area contributed by atoms with Gasteiger partial charge in [-0.1, -0.05) is 12.1 Å². The van der Waals surface area contributed by atoms with Crippen LogP contribution in [0.1, 0.15) is 24.0 Å². The lowest BCUT2D eigenvalue weighted by atomic mass is 10.1. The SMILES string of the molecule is Cc1ccc(C)c(OC2CCN(C(=O)[C@H]3CNCCO3)CC2)c1. The van der Waals surface area contributed by atoms with Gasteiger partial charge in [0.2, 0.25) is 0 Å². The summed E-state index contributed by atoms with van der Waals surface area (Å²) in [6, 6.07) is 6.28. The van der Waals surface area contributed by atoms with E-state index < -0.39 is 0 Å². The number of benzene rings is 1. The predicted molar refractivity (Wildman–Crippen MR) is 88.8 cm³/mol. The van der Waals surface area contributed by atoms with E-state index in [1.165, 1.54) is 5.56 Å². The van der Waals surface area contributed by atoms with Gasteiger partial charge in [-0.2, -0.15) is 0 Å². The zero-order valence-electron chi connectivity index (χ0n) is 14.0. The number of rotatable bonds is 3. The minimum Gasteiger partial charge on any atom is -0.490 e. The maximum Gasteiger partial charge on any atom is 0.253 e. The van der Waals surface area contributed by atoms with Crippen LogP contribution in [0.3, 0.4) is 0 Å². The van der Waals surface area contributed by atoms with Crippen LogP contribution in [0.2, 0.25) is 0 Å². The first-order valence-corrected chi connectivity index (χ1v) is 8.48. The number of piperidine rings is 1. The fourth-order valence-corrected chi connectivity index (χ4v) is 3.14. The van der Waals surface area contributed by atoms with Crippen molar-refractivity contribution >= 4 is 5.91 Å². The second-order valence-electron chi connectivity index (χ2n) is 6.48. The predicted octanol–water partition coefficient (Wildman–Crippen LogP) is 1.66. The number of likely N-dealkylation sites (tertiary alicyclic amines) is 1. The Labute approximate surface area is 137 Å². The average molecular weight is 318 g/mol. The molecule has 0 spiro atoms. The Morgan fingerprint density at radius 3 is 2.78 bits per heavy atom. The molecule has 2 fully saturated rings. The lowest BCUT2D eigenvalue weighted by Crippen LogP contribution is -2.52. The summed E-state index contributed by atoms with van der Waals surface area (Å²) in [6.07, 6.45) is 1.61. The molecule has 1 atom stereocenters. The minimum atomic E-state index is -0.319. The van der Waals surface area contributed by atoms with E-state index in [-0.39, 0.29) is 18.1 Å². The van der Waals surface area contributed by atoms with E-state index in [1.54, 1.807) is 0 Å². The number of aryl methyl sites for hydroxylation is 2. The van der Waals surface area contributed by atoms with Crippen LogP contribution in [0.4, 0.5) is 0 Å². The summed E-state index contributed by atoms with van der Waals surface area (Å²) in [5.74, 6) is 1.08. The molecular formula is C18H26N2O3. The van der Waals surface area contributed by atoms with Crippen LogP contribution >= 0.6 is 0 Å². The molecule has 2 aliphatic heterocycles. The number of ether oxygens (including phenoxy) is 2. The second-order valence-corrected chi connectivity index (χ2v) is 6.48. The van der Waals surface area contributed by atoms with Crippen LogP contribution < -0.4 is 10.1 Å². The van der Waals surface area contributed by atoms with Crippen LogP contribution in [-0.4, -0.2) is 55.8 Å². The Bertz CT molecular complexity index is 547. The lowest BCUT2D eigenvalue weighted by molar-refractivity contribution is -0.147. The number of hydrogen-bond acceptors (Lipinski definition) is 4. The molecule has 0 aromatic heterocycles. The highest BCUT2D eigenvalue weighted by molar-refractivity contribution is 5.81. The Balaban J connectivity index is 1.52. The van der Waals surface area contributed by atoms with Gasteiger partial charge in [-0.15, -0.1) is 0 Å². The van der Waals surface area contributed by atoms with Crippen molar-refractivity contribution in [1.82, 2.24) is 10.2 Å². The van der Waals surface area contributed by atoms with Gasteiger partial charge >= 0.3 is 0 Å². The largest absolute Gasteiger partial charge is 0.490 e. The molecule has 1 N–H and O–H groups in total. The van der Waals surface area contributed by atoms with Gasteiger partial charge < -0.3 is 19.7 Å². The Morgan fingerprint density at radius 2 is 2.09 bits per heavy atom. The number of hydrogen-bond donors (Lipinski definition) is 1. The van der Waals surface area contributed by atoms with Gasteiger partial charge in [0, 0.05) is 39.0 Å².